The molecule has 0 aromatic carbocycles. The summed E-state index contributed by atoms with van der Waals surface area (Å²) in [5.41, 5.74) is 8.55. The summed E-state index contributed by atoms with van der Waals surface area (Å²) in [6.07, 6.45) is 5.16. The molecule has 0 aliphatic heterocycles. The van der Waals surface area contributed by atoms with E-state index >= 15 is 0 Å². The zero-order chi connectivity index (χ0) is 8.60. The van der Waals surface area contributed by atoms with E-state index < -0.39 is 0 Å². The minimum Gasteiger partial charge on any atom is -0.325 e. The van der Waals surface area contributed by atoms with Crippen molar-refractivity contribution in [3.8, 4) is 0 Å². The monoisotopic (exact) mass is 162 g/mol. The van der Waals surface area contributed by atoms with Crippen molar-refractivity contribution in [2.24, 2.45) is 5.73 Å². The maximum absolute atomic E-state index is 6.02. The molecule has 2 nitrogen and oxygen atoms in total. The highest BCUT2D eigenvalue weighted by Crippen LogP contribution is 2.35. The van der Waals surface area contributed by atoms with Crippen LogP contribution >= 0.6 is 0 Å². The van der Waals surface area contributed by atoms with E-state index in [1.54, 1.807) is 0 Å². The predicted octanol–water partition coefficient (Wildman–Crippen LogP) is 1.42. The molecule has 1 aromatic rings. The normalized spacial score (nSPS) is 19.2. The highest BCUT2D eigenvalue weighted by atomic mass is 14.8. The van der Waals surface area contributed by atoms with E-state index in [1.165, 1.54) is 18.4 Å². The summed E-state index contributed by atoms with van der Waals surface area (Å²) in [6, 6.07) is 4.10. The average Bonchev–Trinajstić information content (AvgIpc) is 2.74. The first-order valence-corrected chi connectivity index (χ1v) is 4.39. The summed E-state index contributed by atoms with van der Waals surface area (Å²) in [4.78, 5) is 4.24. The zero-order valence-electron chi connectivity index (χ0n) is 7.38. The molecule has 1 saturated carbocycles. The summed E-state index contributed by atoms with van der Waals surface area (Å²) in [7, 11) is 0. The van der Waals surface area contributed by atoms with Gasteiger partial charge in [0.05, 0.1) is 0 Å². The Hall–Kier alpha value is -0.890. The molecular weight excluding hydrogens is 148 g/mol. The van der Waals surface area contributed by atoms with Gasteiger partial charge in [0.1, 0.15) is 0 Å². The Labute approximate surface area is 72.8 Å². The van der Waals surface area contributed by atoms with Gasteiger partial charge in [0.25, 0.3) is 0 Å². The molecule has 64 valence electrons. The van der Waals surface area contributed by atoms with E-state index in [-0.39, 0.29) is 5.54 Å². The van der Waals surface area contributed by atoms with Crippen LogP contribution < -0.4 is 5.73 Å². The lowest BCUT2D eigenvalue weighted by Gasteiger charge is -2.09. The molecule has 0 radical (unpaired) electrons. The Balaban J connectivity index is 2.17. The maximum atomic E-state index is 6.02. The summed E-state index contributed by atoms with van der Waals surface area (Å²) in [5, 5.41) is 0. The first-order chi connectivity index (χ1) is 5.70. The SMILES string of the molecule is Cc1ncccc1CC1(N)CC1. The number of hydrogen-bond donors (Lipinski definition) is 1. The van der Waals surface area contributed by atoms with Crippen molar-refractivity contribution in [3.63, 3.8) is 0 Å². The van der Waals surface area contributed by atoms with Gasteiger partial charge in [-0.1, -0.05) is 6.07 Å². The van der Waals surface area contributed by atoms with Gasteiger partial charge in [-0.25, -0.2) is 0 Å². The quantitative estimate of drug-likeness (QED) is 0.714. The smallest absolute Gasteiger partial charge is 0.0405 e. The van der Waals surface area contributed by atoms with Crippen molar-refractivity contribution >= 4 is 0 Å². The van der Waals surface area contributed by atoms with Crippen LogP contribution in [0.1, 0.15) is 24.1 Å². The first kappa shape index (κ1) is 7.74. The second-order valence-corrected chi connectivity index (χ2v) is 3.79. The number of rotatable bonds is 2. The minimum absolute atomic E-state index is 0.105. The van der Waals surface area contributed by atoms with Crippen LogP contribution in [0.2, 0.25) is 0 Å². The fourth-order valence-corrected chi connectivity index (χ4v) is 1.42. The van der Waals surface area contributed by atoms with Crippen LogP contribution in [0, 0.1) is 6.92 Å². The number of nitrogens with zero attached hydrogens (tertiary/aromatic N) is 1. The van der Waals surface area contributed by atoms with E-state index in [4.69, 9.17) is 5.73 Å². The second kappa shape index (κ2) is 2.56. The third-order valence-corrected chi connectivity index (χ3v) is 2.55. The number of nitrogens with two attached hydrogens (primary N) is 1. The van der Waals surface area contributed by atoms with Crippen molar-refractivity contribution in [2.75, 3.05) is 0 Å². The summed E-state index contributed by atoms with van der Waals surface area (Å²) < 4.78 is 0. The average molecular weight is 162 g/mol. The third kappa shape index (κ3) is 1.48. The van der Waals surface area contributed by atoms with Crippen LogP contribution in [-0.4, -0.2) is 10.5 Å². The van der Waals surface area contributed by atoms with Gasteiger partial charge in [-0.3, -0.25) is 4.98 Å². The highest BCUT2D eigenvalue weighted by Gasteiger charge is 2.38. The van der Waals surface area contributed by atoms with Crippen molar-refractivity contribution in [2.45, 2.75) is 31.7 Å². The predicted molar refractivity (Wildman–Crippen MR) is 48.8 cm³/mol. The maximum Gasteiger partial charge on any atom is 0.0405 e. The fourth-order valence-electron chi connectivity index (χ4n) is 1.42. The van der Waals surface area contributed by atoms with Gasteiger partial charge in [0.15, 0.2) is 0 Å². The van der Waals surface area contributed by atoms with E-state index in [0.29, 0.717) is 0 Å². The van der Waals surface area contributed by atoms with Crippen LogP contribution in [-0.2, 0) is 6.42 Å². The molecule has 12 heavy (non-hydrogen) atoms. The molecule has 2 rings (SSSR count). The van der Waals surface area contributed by atoms with Gasteiger partial charge in [0, 0.05) is 17.4 Å². The molecule has 1 aliphatic carbocycles. The van der Waals surface area contributed by atoms with E-state index in [9.17, 15) is 0 Å². The largest absolute Gasteiger partial charge is 0.325 e. The van der Waals surface area contributed by atoms with Gasteiger partial charge < -0.3 is 5.73 Å². The van der Waals surface area contributed by atoms with Crippen molar-refractivity contribution in [1.29, 1.82) is 0 Å². The molecule has 0 spiro atoms. The molecule has 1 heterocycles. The van der Waals surface area contributed by atoms with E-state index in [2.05, 4.69) is 11.1 Å². The van der Waals surface area contributed by atoms with Gasteiger partial charge >= 0.3 is 0 Å². The fraction of sp³-hybridized carbons (Fsp3) is 0.500. The third-order valence-electron chi connectivity index (χ3n) is 2.55. The molecule has 1 aromatic heterocycles. The van der Waals surface area contributed by atoms with Gasteiger partial charge in [-0.05, 0) is 37.8 Å². The van der Waals surface area contributed by atoms with Crippen molar-refractivity contribution in [1.82, 2.24) is 4.98 Å². The number of aryl methyl sites for hydroxylation is 1. The number of aromatic nitrogens is 1. The Kier molecular flexibility index (Phi) is 1.65. The minimum atomic E-state index is 0.105. The highest BCUT2D eigenvalue weighted by molar-refractivity contribution is 5.23. The molecule has 2 heteroatoms. The lowest BCUT2D eigenvalue weighted by atomic mass is 10.0. The first-order valence-electron chi connectivity index (χ1n) is 4.39. The molecule has 1 fully saturated rings. The number of pyridine rings is 1. The van der Waals surface area contributed by atoms with Crippen molar-refractivity contribution in [3.05, 3.63) is 29.6 Å². The lowest BCUT2D eigenvalue weighted by Crippen LogP contribution is -2.24. The lowest BCUT2D eigenvalue weighted by molar-refractivity contribution is 0.667. The summed E-state index contributed by atoms with van der Waals surface area (Å²) >= 11 is 0. The standard InChI is InChI=1S/C10H14N2/c1-8-9(3-2-6-12-8)7-10(11)4-5-10/h2-3,6H,4-5,7,11H2,1H3. The van der Waals surface area contributed by atoms with Crippen molar-refractivity contribution < 1.29 is 0 Å². The molecule has 2 N–H and O–H groups in total. The second-order valence-electron chi connectivity index (χ2n) is 3.79. The topological polar surface area (TPSA) is 38.9 Å². The van der Waals surface area contributed by atoms with E-state index in [0.717, 1.165) is 12.1 Å². The Morgan fingerprint density at radius 3 is 2.92 bits per heavy atom. The molecule has 0 atom stereocenters. The molecule has 1 aliphatic rings. The molecule has 0 saturated heterocycles. The van der Waals surface area contributed by atoms with Gasteiger partial charge in [-0.2, -0.15) is 0 Å². The zero-order valence-corrected chi connectivity index (χ0v) is 7.38. The molecule has 0 unspecified atom stereocenters. The van der Waals surface area contributed by atoms with Gasteiger partial charge in [0.2, 0.25) is 0 Å². The molecule has 0 amide bonds. The number of hydrogen-bond acceptors (Lipinski definition) is 2. The van der Waals surface area contributed by atoms with E-state index in [1.807, 2.05) is 19.2 Å². The van der Waals surface area contributed by atoms with Crippen LogP contribution in [0.4, 0.5) is 0 Å². The van der Waals surface area contributed by atoms with Gasteiger partial charge in [-0.15, -0.1) is 0 Å². The summed E-state index contributed by atoms with van der Waals surface area (Å²) in [5.74, 6) is 0. The Morgan fingerprint density at radius 1 is 1.58 bits per heavy atom. The Bertz CT molecular complexity index is 290. The summed E-state index contributed by atoms with van der Waals surface area (Å²) in [6.45, 7) is 2.04. The Morgan fingerprint density at radius 2 is 2.33 bits per heavy atom. The van der Waals surface area contributed by atoms with Crippen LogP contribution in [0.15, 0.2) is 18.3 Å². The van der Waals surface area contributed by atoms with Crippen LogP contribution in [0.25, 0.3) is 0 Å². The molecular formula is C10H14N2. The molecule has 0 bridgehead atoms. The van der Waals surface area contributed by atoms with Crippen LogP contribution in [0.5, 0.6) is 0 Å². The van der Waals surface area contributed by atoms with Crippen LogP contribution in [0.3, 0.4) is 0 Å².